The second-order valence-corrected chi connectivity index (χ2v) is 8.55. The van der Waals surface area contributed by atoms with E-state index in [-0.39, 0.29) is 19.1 Å². The number of morpholine rings is 1. The monoisotopic (exact) mass is 463 g/mol. The van der Waals surface area contributed by atoms with Gasteiger partial charge in [-0.3, -0.25) is 19.4 Å². The Labute approximate surface area is 196 Å². The van der Waals surface area contributed by atoms with Crippen molar-refractivity contribution in [1.29, 1.82) is 0 Å². The predicted octanol–water partition coefficient (Wildman–Crippen LogP) is 0.546. The minimum Gasteiger partial charge on any atom is -0.383 e. The summed E-state index contributed by atoms with van der Waals surface area (Å²) in [7, 11) is 1.71. The number of amidine groups is 1. The summed E-state index contributed by atoms with van der Waals surface area (Å²) >= 11 is 0. The molecule has 1 saturated heterocycles. The molecule has 2 aromatic rings. The summed E-state index contributed by atoms with van der Waals surface area (Å²) in [5.74, 6) is -0.799. The first kappa shape index (κ1) is 22.1. The molecule has 0 saturated carbocycles. The van der Waals surface area contributed by atoms with E-state index in [0.717, 1.165) is 22.4 Å². The highest BCUT2D eigenvalue weighted by Crippen LogP contribution is 2.32. The molecule has 176 valence electrons. The predicted molar refractivity (Wildman–Crippen MR) is 126 cm³/mol. The molecule has 2 atom stereocenters. The second kappa shape index (κ2) is 8.54. The number of nitrogens with zero attached hydrogens (tertiary/aromatic N) is 3. The molecule has 3 amide bonds. The van der Waals surface area contributed by atoms with Gasteiger partial charge in [-0.15, -0.1) is 0 Å². The van der Waals surface area contributed by atoms with Crippen LogP contribution in [0.4, 0.5) is 17.1 Å². The molecule has 34 heavy (non-hydrogen) atoms. The van der Waals surface area contributed by atoms with E-state index in [1.54, 1.807) is 36.2 Å². The van der Waals surface area contributed by atoms with Crippen molar-refractivity contribution in [3.63, 3.8) is 0 Å². The quantitative estimate of drug-likeness (QED) is 0.605. The lowest BCUT2D eigenvalue weighted by Crippen LogP contribution is -2.55. The number of nitrogens with two attached hydrogens (primary N) is 1. The van der Waals surface area contributed by atoms with Crippen LogP contribution in [0, 0.1) is 0 Å². The van der Waals surface area contributed by atoms with Crippen LogP contribution in [0.15, 0.2) is 41.4 Å². The first-order valence-electron chi connectivity index (χ1n) is 11.1. The molecule has 0 aromatic heterocycles. The van der Waals surface area contributed by atoms with E-state index in [0.29, 0.717) is 36.6 Å². The lowest BCUT2D eigenvalue weighted by atomic mass is 10.0. The van der Waals surface area contributed by atoms with Gasteiger partial charge in [-0.05, 0) is 47.9 Å². The van der Waals surface area contributed by atoms with Gasteiger partial charge in [0.05, 0.1) is 13.2 Å². The van der Waals surface area contributed by atoms with Gasteiger partial charge in [-0.2, -0.15) is 0 Å². The van der Waals surface area contributed by atoms with Crippen LogP contribution in [0.25, 0.3) is 0 Å². The highest BCUT2D eigenvalue weighted by molar-refractivity contribution is 6.05. The van der Waals surface area contributed by atoms with Gasteiger partial charge in [0.2, 0.25) is 5.91 Å². The summed E-state index contributed by atoms with van der Waals surface area (Å²) in [6.45, 7) is 0.850. The Bertz CT molecular complexity index is 1230. The van der Waals surface area contributed by atoms with Crippen LogP contribution < -0.4 is 20.9 Å². The maximum atomic E-state index is 13.2. The van der Waals surface area contributed by atoms with Crippen LogP contribution in [0.1, 0.15) is 23.1 Å². The highest BCUT2D eigenvalue weighted by atomic mass is 16.5. The molecule has 2 aromatic carbocycles. The molecule has 10 heteroatoms. The summed E-state index contributed by atoms with van der Waals surface area (Å²) in [6.07, 6.45) is -1.95. The van der Waals surface area contributed by atoms with E-state index < -0.39 is 24.0 Å². The number of aryl methyl sites for hydroxylation is 1. The second-order valence-electron chi connectivity index (χ2n) is 8.55. The Balaban J connectivity index is 1.31. The smallest absolute Gasteiger partial charge is 0.259 e. The number of benzene rings is 2. The SMILES string of the molecule is CN1C(=O)CCc2ccc(N3CCOC([C@@H](O)C(=O)Nc4ccc5c(c4)CN=C5N)C3=O)cc21. The molecule has 0 aliphatic carbocycles. The van der Waals surface area contributed by atoms with Crippen LogP contribution >= 0.6 is 0 Å². The first-order chi connectivity index (χ1) is 16.3. The molecular weight excluding hydrogens is 438 g/mol. The van der Waals surface area contributed by atoms with Crippen molar-refractivity contribution in [2.24, 2.45) is 10.7 Å². The summed E-state index contributed by atoms with van der Waals surface area (Å²) in [6, 6.07) is 10.7. The van der Waals surface area contributed by atoms with Crippen molar-refractivity contribution >= 4 is 40.6 Å². The fraction of sp³-hybridized carbons (Fsp3) is 0.333. The number of anilines is 3. The van der Waals surface area contributed by atoms with E-state index in [4.69, 9.17) is 10.5 Å². The minimum atomic E-state index is -1.70. The Morgan fingerprint density at radius 1 is 1.21 bits per heavy atom. The Morgan fingerprint density at radius 2 is 2.03 bits per heavy atom. The number of carbonyl (C=O) groups is 3. The van der Waals surface area contributed by atoms with Crippen molar-refractivity contribution in [3.05, 3.63) is 53.1 Å². The molecule has 4 N–H and O–H groups in total. The molecule has 1 fully saturated rings. The van der Waals surface area contributed by atoms with Crippen molar-refractivity contribution in [1.82, 2.24) is 0 Å². The van der Waals surface area contributed by atoms with Gasteiger partial charge < -0.3 is 30.7 Å². The third-order valence-corrected chi connectivity index (χ3v) is 6.47. The molecule has 3 aliphatic heterocycles. The molecule has 1 unspecified atom stereocenters. The van der Waals surface area contributed by atoms with Crippen LogP contribution in [-0.4, -0.2) is 61.1 Å². The summed E-state index contributed by atoms with van der Waals surface area (Å²) < 4.78 is 5.50. The zero-order chi connectivity index (χ0) is 24.0. The zero-order valence-corrected chi connectivity index (χ0v) is 18.7. The number of carbonyl (C=O) groups excluding carboxylic acids is 3. The normalized spacial score (nSPS) is 20.5. The fourth-order valence-electron chi connectivity index (χ4n) is 4.54. The van der Waals surface area contributed by atoms with Crippen molar-refractivity contribution in [2.45, 2.75) is 31.6 Å². The summed E-state index contributed by atoms with van der Waals surface area (Å²) in [4.78, 5) is 45.2. The summed E-state index contributed by atoms with van der Waals surface area (Å²) in [5, 5.41) is 13.3. The number of fused-ring (bicyclic) bond motifs is 2. The van der Waals surface area contributed by atoms with Gasteiger partial charge in [-0.1, -0.05) is 6.07 Å². The van der Waals surface area contributed by atoms with Crippen molar-refractivity contribution in [2.75, 3.05) is 35.3 Å². The van der Waals surface area contributed by atoms with Gasteiger partial charge >= 0.3 is 0 Å². The maximum absolute atomic E-state index is 13.2. The molecule has 0 radical (unpaired) electrons. The first-order valence-corrected chi connectivity index (χ1v) is 11.1. The standard InChI is InChI=1S/C24H25N5O5/c1-28-18-11-16(5-2-13(18)3-7-19(28)30)29-8-9-34-21(24(29)33)20(31)23(32)27-15-4-6-17-14(10-15)12-26-22(17)25/h2,4-6,10-11,20-21,31H,3,7-9,12H2,1H3,(H2,25,26)(H,27,32)/t20-,21?/m1/s1. The number of nitrogens with one attached hydrogen (secondary N) is 1. The van der Waals surface area contributed by atoms with E-state index in [1.807, 2.05) is 12.1 Å². The maximum Gasteiger partial charge on any atom is 0.259 e. The van der Waals surface area contributed by atoms with Gasteiger partial charge in [0, 0.05) is 42.6 Å². The fourth-order valence-corrected chi connectivity index (χ4v) is 4.54. The number of aliphatic imine (C=N–C) groups is 1. The third-order valence-electron chi connectivity index (χ3n) is 6.47. The van der Waals surface area contributed by atoms with Gasteiger partial charge in [0.25, 0.3) is 11.8 Å². The number of hydrogen-bond donors (Lipinski definition) is 3. The number of hydrogen-bond acceptors (Lipinski definition) is 7. The minimum absolute atomic E-state index is 0.0173. The number of aliphatic hydroxyl groups is 1. The number of rotatable bonds is 4. The Morgan fingerprint density at radius 3 is 2.85 bits per heavy atom. The highest BCUT2D eigenvalue weighted by Gasteiger charge is 2.39. The number of aliphatic hydroxyl groups excluding tert-OH is 1. The van der Waals surface area contributed by atoms with Crippen LogP contribution in [0.2, 0.25) is 0 Å². The zero-order valence-electron chi connectivity index (χ0n) is 18.7. The number of amides is 3. The lowest BCUT2D eigenvalue weighted by Gasteiger charge is -2.35. The molecule has 3 aliphatic rings. The Hall–Kier alpha value is -3.76. The molecular formula is C24H25N5O5. The van der Waals surface area contributed by atoms with E-state index in [1.165, 1.54) is 4.90 Å². The van der Waals surface area contributed by atoms with E-state index in [9.17, 15) is 19.5 Å². The van der Waals surface area contributed by atoms with Gasteiger partial charge in [0.1, 0.15) is 5.84 Å². The largest absolute Gasteiger partial charge is 0.383 e. The summed E-state index contributed by atoms with van der Waals surface area (Å²) in [5.41, 5.74) is 10.3. The van der Waals surface area contributed by atoms with Crippen molar-refractivity contribution < 1.29 is 24.2 Å². The van der Waals surface area contributed by atoms with Gasteiger partial charge in [0.15, 0.2) is 12.2 Å². The Kier molecular flexibility index (Phi) is 5.54. The van der Waals surface area contributed by atoms with E-state index >= 15 is 0 Å². The lowest BCUT2D eigenvalue weighted by molar-refractivity contribution is -0.150. The molecule has 0 bridgehead atoms. The molecule has 10 nitrogen and oxygen atoms in total. The van der Waals surface area contributed by atoms with E-state index in [2.05, 4.69) is 10.3 Å². The topological polar surface area (TPSA) is 138 Å². The molecule has 0 spiro atoms. The van der Waals surface area contributed by atoms with Crippen LogP contribution in [0.5, 0.6) is 0 Å². The number of ether oxygens (including phenoxy) is 1. The average Bonchev–Trinajstić information content (AvgIpc) is 3.21. The third kappa shape index (κ3) is 3.80. The average molecular weight is 463 g/mol. The van der Waals surface area contributed by atoms with Crippen LogP contribution in [0.3, 0.4) is 0 Å². The van der Waals surface area contributed by atoms with Crippen LogP contribution in [-0.2, 0) is 32.1 Å². The molecule has 5 rings (SSSR count). The van der Waals surface area contributed by atoms with Gasteiger partial charge in [-0.25, -0.2) is 0 Å². The molecule has 3 heterocycles. The van der Waals surface area contributed by atoms with Crippen molar-refractivity contribution in [3.8, 4) is 0 Å².